The highest BCUT2D eigenvalue weighted by molar-refractivity contribution is 7.15. The number of thiazole rings is 1. The van der Waals surface area contributed by atoms with Gasteiger partial charge in [-0.3, -0.25) is 9.48 Å². The smallest absolute Gasteiger partial charge is 0.231 e. The normalized spacial score (nSPS) is 12.4. The molecule has 0 unspecified atom stereocenters. The Morgan fingerprint density at radius 3 is 2.75 bits per heavy atom. The van der Waals surface area contributed by atoms with Crippen molar-refractivity contribution >= 4 is 22.4 Å². The highest BCUT2D eigenvalue weighted by Gasteiger charge is 2.17. The van der Waals surface area contributed by atoms with Gasteiger partial charge in [0, 0.05) is 29.6 Å². The summed E-state index contributed by atoms with van der Waals surface area (Å²) in [5, 5.41) is 7.92. The third-order valence-electron chi connectivity index (χ3n) is 4.94. The van der Waals surface area contributed by atoms with Gasteiger partial charge in [-0.25, -0.2) is 4.98 Å². The Morgan fingerprint density at radius 2 is 2.00 bits per heavy atom. The summed E-state index contributed by atoms with van der Waals surface area (Å²) in [7, 11) is 1.89. The number of hydrogen-bond acceptors (Lipinski definition) is 6. The number of amides is 1. The first kappa shape index (κ1) is 18.5. The fraction of sp³-hybridized carbons (Fsp3) is 0.350. The van der Waals surface area contributed by atoms with Crippen LogP contribution in [0.5, 0.6) is 11.5 Å². The third kappa shape index (κ3) is 3.60. The summed E-state index contributed by atoms with van der Waals surface area (Å²) >= 11 is 1.50. The SMILES string of the molecule is Cc1nc(NC(=O)Cc2c(C)nn(C)c2C)sc1Cc1ccc2c(c1)OCO2. The Kier molecular flexibility index (Phi) is 4.80. The van der Waals surface area contributed by atoms with Gasteiger partial charge in [-0.05, 0) is 38.5 Å². The van der Waals surface area contributed by atoms with Crippen molar-refractivity contribution in [1.29, 1.82) is 0 Å². The number of nitrogens with zero attached hydrogens (tertiary/aromatic N) is 3. The summed E-state index contributed by atoms with van der Waals surface area (Å²) in [6.45, 7) is 6.13. The fourth-order valence-corrected chi connectivity index (χ4v) is 4.29. The second-order valence-corrected chi connectivity index (χ2v) is 7.97. The van der Waals surface area contributed by atoms with Gasteiger partial charge in [0.25, 0.3) is 0 Å². The number of anilines is 1. The lowest BCUT2D eigenvalue weighted by molar-refractivity contribution is -0.115. The molecule has 2 aromatic heterocycles. The van der Waals surface area contributed by atoms with Crippen molar-refractivity contribution in [2.24, 2.45) is 7.05 Å². The summed E-state index contributed by atoms with van der Waals surface area (Å²) in [4.78, 5) is 18.1. The van der Waals surface area contributed by atoms with Crippen LogP contribution in [0.4, 0.5) is 5.13 Å². The molecule has 0 saturated carbocycles. The standard InChI is InChI=1S/C20H22N4O3S/c1-11-15(13(3)24(4)23-11)9-19(25)22-20-21-12(2)18(28-20)8-14-5-6-16-17(7-14)27-10-26-16/h5-7H,8-10H2,1-4H3,(H,21,22,25). The molecule has 146 valence electrons. The Bertz CT molecular complexity index is 1050. The van der Waals surface area contributed by atoms with Crippen molar-refractivity contribution < 1.29 is 14.3 Å². The van der Waals surface area contributed by atoms with E-state index in [1.807, 2.05) is 46.0 Å². The predicted molar refractivity (Wildman–Crippen MR) is 107 cm³/mol. The van der Waals surface area contributed by atoms with E-state index in [4.69, 9.17) is 9.47 Å². The maximum atomic E-state index is 12.5. The fourth-order valence-electron chi connectivity index (χ4n) is 3.28. The van der Waals surface area contributed by atoms with E-state index in [1.54, 1.807) is 4.68 Å². The highest BCUT2D eigenvalue weighted by Crippen LogP contribution is 2.34. The molecule has 0 saturated heterocycles. The Morgan fingerprint density at radius 1 is 1.21 bits per heavy atom. The molecule has 28 heavy (non-hydrogen) atoms. The molecule has 0 radical (unpaired) electrons. The molecule has 1 aliphatic rings. The average molecular weight is 398 g/mol. The first-order chi connectivity index (χ1) is 13.4. The highest BCUT2D eigenvalue weighted by atomic mass is 32.1. The van der Waals surface area contributed by atoms with Gasteiger partial charge in [-0.2, -0.15) is 5.10 Å². The Hall–Kier alpha value is -2.87. The average Bonchev–Trinajstić information content (AvgIpc) is 3.30. The van der Waals surface area contributed by atoms with E-state index in [1.165, 1.54) is 11.3 Å². The lowest BCUT2D eigenvalue weighted by Crippen LogP contribution is -2.15. The van der Waals surface area contributed by atoms with Crippen molar-refractivity contribution in [2.45, 2.75) is 33.6 Å². The number of carbonyl (C=O) groups excluding carboxylic acids is 1. The summed E-state index contributed by atoms with van der Waals surface area (Å²) in [5.41, 5.74) is 4.90. The van der Waals surface area contributed by atoms with E-state index in [2.05, 4.69) is 15.4 Å². The largest absolute Gasteiger partial charge is 0.454 e. The number of fused-ring (bicyclic) bond motifs is 1. The van der Waals surface area contributed by atoms with Crippen LogP contribution in [-0.4, -0.2) is 27.5 Å². The number of benzene rings is 1. The number of nitrogens with one attached hydrogen (secondary N) is 1. The molecule has 3 aromatic rings. The summed E-state index contributed by atoms with van der Waals surface area (Å²) < 4.78 is 12.6. The van der Waals surface area contributed by atoms with Gasteiger partial charge in [0.1, 0.15) is 0 Å². The number of hydrogen-bond donors (Lipinski definition) is 1. The maximum Gasteiger partial charge on any atom is 0.231 e. The zero-order valence-electron chi connectivity index (χ0n) is 16.3. The number of aromatic nitrogens is 3. The molecule has 1 aliphatic heterocycles. The number of ether oxygens (including phenoxy) is 2. The quantitative estimate of drug-likeness (QED) is 0.713. The van der Waals surface area contributed by atoms with Gasteiger partial charge in [0.2, 0.25) is 12.7 Å². The topological polar surface area (TPSA) is 78.3 Å². The van der Waals surface area contributed by atoms with E-state index in [9.17, 15) is 4.79 Å². The summed E-state index contributed by atoms with van der Waals surface area (Å²) in [5.74, 6) is 1.47. The minimum Gasteiger partial charge on any atom is -0.454 e. The van der Waals surface area contributed by atoms with E-state index < -0.39 is 0 Å². The molecule has 1 N–H and O–H groups in total. The molecular weight excluding hydrogens is 376 g/mol. The van der Waals surface area contributed by atoms with Gasteiger partial charge < -0.3 is 14.8 Å². The molecule has 0 fully saturated rings. The molecule has 0 atom stereocenters. The molecule has 0 bridgehead atoms. The third-order valence-corrected chi connectivity index (χ3v) is 6.01. The summed E-state index contributed by atoms with van der Waals surface area (Å²) in [6, 6.07) is 5.95. The predicted octanol–water partition coefficient (Wildman–Crippen LogP) is 3.30. The Balaban J connectivity index is 1.44. The lowest BCUT2D eigenvalue weighted by Gasteiger charge is -2.03. The minimum atomic E-state index is -0.0809. The second-order valence-electron chi connectivity index (χ2n) is 6.89. The van der Waals surface area contributed by atoms with Gasteiger partial charge in [-0.1, -0.05) is 6.07 Å². The zero-order chi connectivity index (χ0) is 19.8. The number of rotatable bonds is 5. The minimum absolute atomic E-state index is 0.0809. The van der Waals surface area contributed by atoms with Crippen LogP contribution in [-0.2, 0) is 24.7 Å². The van der Waals surface area contributed by atoms with Crippen LogP contribution < -0.4 is 14.8 Å². The molecule has 0 spiro atoms. The Labute approximate surface area is 167 Å². The molecular formula is C20H22N4O3S. The van der Waals surface area contributed by atoms with Crippen molar-refractivity contribution in [3.63, 3.8) is 0 Å². The molecule has 8 heteroatoms. The van der Waals surface area contributed by atoms with E-state index in [0.717, 1.165) is 51.0 Å². The molecule has 4 rings (SSSR count). The van der Waals surface area contributed by atoms with Crippen LogP contribution in [0.25, 0.3) is 0 Å². The molecule has 0 aliphatic carbocycles. The van der Waals surface area contributed by atoms with Crippen molar-refractivity contribution in [1.82, 2.24) is 14.8 Å². The van der Waals surface area contributed by atoms with Crippen molar-refractivity contribution in [3.05, 3.63) is 51.3 Å². The first-order valence-corrected chi connectivity index (χ1v) is 9.86. The van der Waals surface area contributed by atoms with Crippen molar-refractivity contribution in [3.8, 4) is 11.5 Å². The molecule has 1 aromatic carbocycles. The second kappa shape index (κ2) is 7.27. The maximum absolute atomic E-state index is 12.5. The van der Waals surface area contributed by atoms with E-state index in [-0.39, 0.29) is 12.7 Å². The zero-order valence-corrected chi connectivity index (χ0v) is 17.1. The first-order valence-electron chi connectivity index (χ1n) is 9.04. The molecule has 1 amide bonds. The van der Waals surface area contributed by atoms with Gasteiger partial charge in [0.15, 0.2) is 16.6 Å². The van der Waals surface area contributed by atoms with Gasteiger partial charge in [0.05, 0.1) is 17.8 Å². The summed E-state index contributed by atoms with van der Waals surface area (Å²) in [6.07, 6.45) is 1.03. The van der Waals surface area contributed by atoms with Crippen LogP contribution in [0.1, 0.15) is 33.1 Å². The van der Waals surface area contributed by atoms with Crippen LogP contribution in [0.2, 0.25) is 0 Å². The van der Waals surface area contributed by atoms with Crippen LogP contribution in [0.3, 0.4) is 0 Å². The van der Waals surface area contributed by atoms with Gasteiger partial charge in [-0.15, -0.1) is 11.3 Å². The van der Waals surface area contributed by atoms with E-state index in [0.29, 0.717) is 11.6 Å². The van der Waals surface area contributed by atoms with Gasteiger partial charge >= 0.3 is 0 Å². The van der Waals surface area contributed by atoms with Crippen LogP contribution >= 0.6 is 11.3 Å². The molecule has 7 nitrogen and oxygen atoms in total. The van der Waals surface area contributed by atoms with Crippen LogP contribution in [0, 0.1) is 20.8 Å². The van der Waals surface area contributed by atoms with Crippen molar-refractivity contribution in [2.75, 3.05) is 12.1 Å². The van der Waals surface area contributed by atoms with E-state index >= 15 is 0 Å². The lowest BCUT2D eigenvalue weighted by atomic mass is 10.1. The number of aryl methyl sites for hydroxylation is 3. The monoisotopic (exact) mass is 398 g/mol. The molecule has 3 heterocycles. The van der Waals surface area contributed by atoms with Crippen LogP contribution in [0.15, 0.2) is 18.2 Å². The number of carbonyl (C=O) groups is 1.